The monoisotopic (exact) mass is 504 g/mol. The van der Waals surface area contributed by atoms with E-state index >= 15 is 0 Å². The average Bonchev–Trinajstić information content (AvgIpc) is 2.39. The van der Waals surface area contributed by atoms with Gasteiger partial charge in [-0.3, -0.25) is 4.18 Å². The highest BCUT2D eigenvalue weighted by Gasteiger charge is 2.38. The van der Waals surface area contributed by atoms with Gasteiger partial charge in [-0.1, -0.05) is 41.2 Å². The van der Waals surface area contributed by atoms with Crippen molar-refractivity contribution in [2.45, 2.75) is 90.6 Å². The first kappa shape index (κ1) is 25.6. The summed E-state index contributed by atoms with van der Waals surface area (Å²) in [6, 6.07) is 0. The van der Waals surface area contributed by atoms with Gasteiger partial charge in [-0.05, 0) is 75.9 Å². The summed E-state index contributed by atoms with van der Waals surface area (Å²) in [6.45, 7) is 19.3. The van der Waals surface area contributed by atoms with Gasteiger partial charge in [0.1, 0.15) is 0 Å². The van der Waals surface area contributed by atoms with Gasteiger partial charge < -0.3 is 4.43 Å². The molecule has 0 saturated heterocycles. The van der Waals surface area contributed by atoms with Crippen LogP contribution in [-0.2, 0) is 18.7 Å². The summed E-state index contributed by atoms with van der Waals surface area (Å²) in [7, 11) is -5.30. The van der Waals surface area contributed by atoms with Crippen molar-refractivity contribution in [3.8, 4) is 0 Å². The first-order valence-corrected chi connectivity index (χ1v) is 14.8. The molecule has 0 aliphatic rings. The maximum Gasteiger partial charge on any atom is 0.264 e. The Morgan fingerprint density at radius 2 is 1.68 bits per heavy atom. The van der Waals surface area contributed by atoms with Gasteiger partial charge in [0.25, 0.3) is 10.1 Å². The Hall–Kier alpha value is 0.557. The van der Waals surface area contributed by atoms with E-state index in [9.17, 15) is 8.42 Å². The van der Waals surface area contributed by atoms with Crippen LogP contribution in [0.25, 0.3) is 0 Å². The number of hydrogen-bond acceptors (Lipinski definition) is 4. The lowest BCUT2D eigenvalue weighted by Crippen LogP contribution is -2.44. The van der Waals surface area contributed by atoms with Crippen molar-refractivity contribution in [1.29, 1.82) is 0 Å². The summed E-state index contributed by atoms with van der Waals surface area (Å²) in [5, 5.41) is 0.163. The van der Waals surface area contributed by atoms with Crippen LogP contribution in [0.5, 0.6) is 0 Å². The predicted molar refractivity (Wildman–Crippen MR) is 118 cm³/mol. The molecule has 0 aromatic heterocycles. The lowest BCUT2D eigenvalue weighted by atomic mass is 9.99. The Morgan fingerprint density at radius 3 is 2.04 bits per heavy atom. The molecule has 2 unspecified atom stereocenters. The fourth-order valence-corrected chi connectivity index (χ4v) is 4.68. The minimum absolute atomic E-state index is 0.143. The summed E-state index contributed by atoms with van der Waals surface area (Å²) < 4.78 is 36.0. The molecule has 0 N–H and O–H groups in total. The van der Waals surface area contributed by atoms with E-state index in [0.29, 0.717) is 12.8 Å². The molecule has 0 heterocycles. The summed E-state index contributed by atoms with van der Waals surface area (Å²) in [5.41, 5.74) is 0. The highest BCUT2D eigenvalue weighted by molar-refractivity contribution is 14.1. The van der Waals surface area contributed by atoms with Gasteiger partial charge >= 0.3 is 0 Å². The van der Waals surface area contributed by atoms with Gasteiger partial charge in [-0.25, -0.2) is 0 Å². The normalized spacial score (nSPS) is 17.2. The smallest absolute Gasteiger partial charge is 0.264 e. The van der Waals surface area contributed by atoms with Gasteiger partial charge in [0.05, 0.1) is 12.4 Å². The summed E-state index contributed by atoms with van der Waals surface area (Å²) in [5.74, 6) is 0.216. The van der Waals surface area contributed by atoms with Crippen LogP contribution in [0.15, 0.2) is 10.2 Å². The van der Waals surface area contributed by atoms with E-state index in [1.165, 1.54) is 0 Å². The average molecular weight is 505 g/mol. The van der Waals surface area contributed by atoms with E-state index < -0.39 is 18.4 Å². The second kappa shape index (κ2) is 10.2. The van der Waals surface area contributed by atoms with Crippen molar-refractivity contribution >= 4 is 41.0 Å². The molecule has 7 heteroatoms. The van der Waals surface area contributed by atoms with Crippen molar-refractivity contribution in [3.05, 3.63) is 10.2 Å². The zero-order valence-corrected chi connectivity index (χ0v) is 21.2. The third kappa shape index (κ3) is 10.5. The standard InChI is InChI=1S/C18H37IO4SSi/c1-10-16(23-25(8,9)18(4,5)6)11-12-17(22-24(7,20)21)13-14(2)15(3)19/h14,16-17H,3,10-13H2,1-2,4-9H3/t14?,16?,17-/m1/s1. The molecule has 0 radical (unpaired) electrons. The minimum atomic E-state index is -3.47. The molecule has 0 fully saturated rings. The number of allylic oxidation sites excluding steroid dienone is 1. The van der Waals surface area contributed by atoms with E-state index in [2.05, 4.69) is 76.9 Å². The third-order valence-electron chi connectivity index (χ3n) is 5.00. The van der Waals surface area contributed by atoms with Gasteiger partial charge in [-0.15, -0.1) is 0 Å². The highest BCUT2D eigenvalue weighted by Crippen LogP contribution is 2.38. The highest BCUT2D eigenvalue weighted by atomic mass is 127. The van der Waals surface area contributed by atoms with Crippen LogP contribution in [-0.4, -0.2) is 35.2 Å². The second-order valence-corrected chi connectivity index (χ2v) is 16.2. The van der Waals surface area contributed by atoms with Crippen LogP contribution < -0.4 is 0 Å². The SMILES string of the molecule is C=C(I)C(C)C[C@@H](CCC(CC)O[Si](C)(C)C(C)(C)C)OS(C)(=O)=O. The quantitative estimate of drug-likeness (QED) is 0.200. The van der Waals surface area contributed by atoms with Gasteiger partial charge in [0.2, 0.25) is 0 Å². The van der Waals surface area contributed by atoms with Gasteiger partial charge in [0.15, 0.2) is 8.32 Å². The largest absolute Gasteiger partial charge is 0.414 e. The van der Waals surface area contributed by atoms with Crippen molar-refractivity contribution < 1.29 is 17.0 Å². The Labute approximate surface area is 170 Å². The lowest BCUT2D eigenvalue weighted by Gasteiger charge is -2.39. The molecular weight excluding hydrogens is 467 g/mol. The number of rotatable bonds is 11. The van der Waals surface area contributed by atoms with Gasteiger partial charge in [0, 0.05) is 6.10 Å². The summed E-state index contributed by atoms with van der Waals surface area (Å²) in [6.07, 6.45) is 4.00. The summed E-state index contributed by atoms with van der Waals surface area (Å²) in [4.78, 5) is 0. The first-order valence-electron chi connectivity index (χ1n) is 8.99. The lowest BCUT2D eigenvalue weighted by molar-refractivity contribution is 0.123. The molecule has 0 amide bonds. The molecule has 4 nitrogen and oxygen atoms in total. The molecule has 0 aromatic rings. The molecule has 0 bridgehead atoms. The van der Waals surface area contributed by atoms with Crippen LogP contribution in [0.2, 0.25) is 18.1 Å². The van der Waals surface area contributed by atoms with Crippen LogP contribution in [0.3, 0.4) is 0 Å². The van der Waals surface area contributed by atoms with Crippen LogP contribution >= 0.6 is 22.6 Å². The Morgan fingerprint density at radius 1 is 1.20 bits per heavy atom. The molecule has 0 spiro atoms. The first-order chi connectivity index (χ1) is 11.1. The van der Waals surface area contributed by atoms with E-state index in [4.69, 9.17) is 8.61 Å². The molecule has 0 saturated carbocycles. The fraction of sp³-hybridized carbons (Fsp3) is 0.889. The molecule has 0 aliphatic carbocycles. The van der Waals surface area contributed by atoms with E-state index in [-0.39, 0.29) is 23.2 Å². The summed E-state index contributed by atoms with van der Waals surface area (Å²) >= 11 is 2.20. The van der Waals surface area contributed by atoms with Crippen LogP contribution in [0.4, 0.5) is 0 Å². The van der Waals surface area contributed by atoms with E-state index in [1.807, 2.05) is 0 Å². The van der Waals surface area contributed by atoms with Crippen molar-refractivity contribution in [1.82, 2.24) is 0 Å². The maximum absolute atomic E-state index is 11.6. The maximum atomic E-state index is 11.6. The molecule has 0 aromatic carbocycles. The molecule has 3 atom stereocenters. The number of hydrogen-bond donors (Lipinski definition) is 0. The molecule has 25 heavy (non-hydrogen) atoms. The molecule has 150 valence electrons. The van der Waals surface area contributed by atoms with Crippen molar-refractivity contribution in [3.63, 3.8) is 0 Å². The molecular formula is C18H37IO4SSi. The van der Waals surface area contributed by atoms with Crippen molar-refractivity contribution in [2.24, 2.45) is 5.92 Å². The van der Waals surface area contributed by atoms with Gasteiger partial charge in [-0.2, -0.15) is 8.42 Å². The zero-order chi connectivity index (χ0) is 20.1. The topological polar surface area (TPSA) is 52.6 Å². The van der Waals surface area contributed by atoms with Crippen LogP contribution in [0.1, 0.15) is 60.3 Å². The molecule has 0 rings (SSSR count). The Balaban J connectivity index is 4.96. The second-order valence-electron chi connectivity index (χ2n) is 8.49. The third-order valence-corrected chi connectivity index (χ3v) is 11.2. The zero-order valence-electron chi connectivity index (χ0n) is 17.2. The fourth-order valence-electron chi connectivity index (χ4n) is 2.29. The predicted octanol–water partition coefficient (Wildman–Crippen LogP) is 5.89. The van der Waals surface area contributed by atoms with E-state index in [0.717, 1.165) is 22.7 Å². The Kier molecular flexibility index (Phi) is 10.4. The van der Waals surface area contributed by atoms with E-state index in [1.54, 1.807) is 0 Å². The minimum Gasteiger partial charge on any atom is -0.414 e. The van der Waals surface area contributed by atoms with Crippen molar-refractivity contribution in [2.75, 3.05) is 6.26 Å². The Bertz CT molecular complexity index is 526. The number of halogens is 1. The molecule has 0 aliphatic heterocycles. The van der Waals surface area contributed by atoms with Crippen LogP contribution in [0, 0.1) is 5.92 Å².